The lowest BCUT2D eigenvalue weighted by atomic mass is 10.1. The first-order valence-corrected chi connectivity index (χ1v) is 5.91. The molecule has 0 saturated heterocycles. The molecule has 0 heterocycles. The summed E-state index contributed by atoms with van der Waals surface area (Å²) in [7, 11) is 6.00. The van der Waals surface area contributed by atoms with Gasteiger partial charge in [-0.3, -0.25) is 4.79 Å². The summed E-state index contributed by atoms with van der Waals surface area (Å²) in [5.74, 6) is -1.09. The van der Waals surface area contributed by atoms with Crippen molar-refractivity contribution in [2.45, 2.75) is 26.7 Å². The summed E-state index contributed by atoms with van der Waals surface area (Å²) in [5, 5.41) is 0. The topological polar surface area (TPSA) is 46.6 Å². The van der Waals surface area contributed by atoms with E-state index >= 15 is 0 Å². The number of nitrogens with zero attached hydrogens (tertiary/aromatic N) is 1. The Balaban J connectivity index is -0.000000448. The van der Waals surface area contributed by atoms with Crippen molar-refractivity contribution >= 4 is 28.7 Å². The molecule has 4 nitrogen and oxygen atoms in total. The van der Waals surface area contributed by atoms with Crippen LogP contribution in [0.5, 0.6) is 0 Å². The van der Waals surface area contributed by atoms with E-state index in [1.807, 2.05) is 33.0 Å². The zero-order chi connectivity index (χ0) is 14.7. The monoisotopic (exact) mass is 335 g/mol. The summed E-state index contributed by atoms with van der Waals surface area (Å²) < 4.78 is 4.82. The maximum Gasteiger partial charge on any atom is 0.341 e. The number of halogens is 1. The Kier molecular flexibility index (Phi) is 16.5. The second kappa shape index (κ2) is 13.5. The maximum atomic E-state index is 11.2. The molecular formula is C14H26BrNO3. The van der Waals surface area contributed by atoms with Gasteiger partial charge in [-0.2, -0.15) is 0 Å². The van der Waals surface area contributed by atoms with E-state index in [-0.39, 0.29) is 22.6 Å². The highest BCUT2D eigenvalue weighted by Gasteiger charge is 2.16. The van der Waals surface area contributed by atoms with Crippen LogP contribution in [0, 0.1) is 0 Å². The van der Waals surface area contributed by atoms with Gasteiger partial charge in [0.05, 0.1) is 12.2 Å². The molecule has 0 atom stereocenters. The van der Waals surface area contributed by atoms with Gasteiger partial charge < -0.3 is 9.64 Å². The number of allylic oxidation sites excluding steroid dienone is 1. The summed E-state index contributed by atoms with van der Waals surface area (Å²) in [4.78, 5) is 24.4. The van der Waals surface area contributed by atoms with Gasteiger partial charge in [0.2, 0.25) is 0 Å². The van der Waals surface area contributed by atoms with Crippen molar-refractivity contribution in [2.75, 3.05) is 27.7 Å². The van der Waals surface area contributed by atoms with Crippen molar-refractivity contribution in [3.63, 3.8) is 0 Å². The van der Waals surface area contributed by atoms with Crippen LogP contribution < -0.4 is 0 Å². The second-order valence-electron chi connectivity index (χ2n) is 4.42. The van der Waals surface area contributed by atoms with Crippen molar-refractivity contribution < 1.29 is 14.3 Å². The largest absolute Gasteiger partial charge is 0.462 e. The standard InChI is InChI=1S/C11H16O3.C3H9N.BrH/c1-5-6-7-14-11(13)9(4)10(12)8(2)3;1-4(2)3;/h2,4-7H2,1,3H3;1-3H3;1H. The fraction of sp³-hybridized carbons (Fsp3) is 0.571. The third-order valence-electron chi connectivity index (χ3n) is 1.64. The highest BCUT2D eigenvalue weighted by Crippen LogP contribution is 2.04. The summed E-state index contributed by atoms with van der Waals surface area (Å²) in [6, 6.07) is 0. The molecule has 0 aromatic heterocycles. The molecule has 0 unspecified atom stereocenters. The number of ketones is 1. The molecule has 0 aliphatic heterocycles. The Morgan fingerprint density at radius 3 is 1.89 bits per heavy atom. The Bertz CT molecular complexity index is 309. The molecule has 19 heavy (non-hydrogen) atoms. The van der Waals surface area contributed by atoms with Crippen LogP contribution in [0.4, 0.5) is 0 Å². The van der Waals surface area contributed by atoms with Crippen molar-refractivity contribution in [3.8, 4) is 0 Å². The number of carbonyl (C=O) groups excluding carboxylic acids is 2. The normalized spacial score (nSPS) is 8.74. The van der Waals surface area contributed by atoms with E-state index in [4.69, 9.17) is 4.74 Å². The molecule has 0 aromatic carbocycles. The first-order valence-electron chi connectivity index (χ1n) is 5.91. The van der Waals surface area contributed by atoms with E-state index in [1.54, 1.807) is 0 Å². The number of carbonyl (C=O) groups is 2. The van der Waals surface area contributed by atoms with Gasteiger partial charge in [0.25, 0.3) is 0 Å². The highest BCUT2D eigenvalue weighted by atomic mass is 79.9. The van der Waals surface area contributed by atoms with Gasteiger partial charge >= 0.3 is 5.97 Å². The minimum absolute atomic E-state index is 0. The molecule has 0 rings (SSSR count). The van der Waals surface area contributed by atoms with Gasteiger partial charge in [0, 0.05) is 0 Å². The lowest BCUT2D eigenvalue weighted by Crippen LogP contribution is -2.15. The van der Waals surface area contributed by atoms with Crippen molar-refractivity contribution in [2.24, 2.45) is 0 Å². The molecule has 0 N–H and O–H groups in total. The number of hydrogen-bond acceptors (Lipinski definition) is 4. The van der Waals surface area contributed by atoms with Crippen molar-refractivity contribution in [1.82, 2.24) is 4.90 Å². The minimum Gasteiger partial charge on any atom is -0.462 e. The molecule has 0 radical (unpaired) electrons. The Labute approximate surface area is 127 Å². The van der Waals surface area contributed by atoms with Crippen LogP contribution in [0.1, 0.15) is 26.7 Å². The number of hydrogen-bond donors (Lipinski definition) is 0. The number of rotatable bonds is 6. The Morgan fingerprint density at radius 1 is 1.16 bits per heavy atom. The fourth-order valence-electron chi connectivity index (χ4n) is 0.747. The molecule has 0 bridgehead atoms. The fourth-order valence-corrected chi connectivity index (χ4v) is 0.747. The minimum atomic E-state index is -0.647. The summed E-state index contributed by atoms with van der Waals surface area (Å²) in [6.45, 7) is 10.7. The van der Waals surface area contributed by atoms with Crippen LogP contribution in [-0.4, -0.2) is 44.4 Å². The van der Waals surface area contributed by atoms with E-state index in [1.165, 1.54) is 6.92 Å². The van der Waals surface area contributed by atoms with Crippen LogP contribution in [0.3, 0.4) is 0 Å². The van der Waals surface area contributed by atoms with Crippen LogP contribution in [0.15, 0.2) is 24.3 Å². The molecule has 0 amide bonds. The lowest BCUT2D eigenvalue weighted by Gasteiger charge is -2.05. The number of ether oxygens (including phenoxy) is 1. The first kappa shape index (κ1) is 23.2. The molecule has 0 aliphatic rings. The van der Waals surface area contributed by atoms with E-state index < -0.39 is 11.8 Å². The molecule has 112 valence electrons. The first-order chi connectivity index (χ1) is 8.23. The van der Waals surface area contributed by atoms with Crippen LogP contribution >= 0.6 is 17.0 Å². The second-order valence-corrected chi connectivity index (χ2v) is 4.42. The quantitative estimate of drug-likeness (QED) is 0.246. The third kappa shape index (κ3) is 15.0. The lowest BCUT2D eigenvalue weighted by molar-refractivity contribution is -0.140. The van der Waals surface area contributed by atoms with Crippen molar-refractivity contribution in [1.29, 1.82) is 0 Å². The molecule has 0 spiro atoms. The van der Waals surface area contributed by atoms with Gasteiger partial charge in [-0.05, 0) is 40.1 Å². The zero-order valence-corrected chi connectivity index (χ0v) is 14.3. The van der Waals surface area contributed by atoms with Crippen molar-refractivity contribution in [3.05, 3.63) is 24.3 Å². The molecule has 0 aliphatic carbocycles. The predicted octanol–water partition coefficient (Wildman–Crippen LogP) is 2.79. The van der Waals surface area contributed by atoms with Gasteiger partial charge in [-0.25, -0.2) is 4.79 Å². The maximum absolute atomic E-state index is 11.2. The van der Waals surface area contributed by atoms with Crippen LogP contribution in [0.2, 0.25) is 0 Å². The van der Waals surface area contributed by atoms with E-state index in [2.05, 4.69) is 13.2 Å². The average Bonchev–Trinajstić information content (AvgIpc) is 2.26. The SMILES string of the molecule is Br.C=C(C)C(=O)C(=C)C(=O)OCCCC.CN(C)C. The molecule has 0 aromatic rings. The van der Waals surface area contributed by atoms with E-state index in [0.29, 0.717) is 12.2 Å². The van der Waals surface area contributed by atoms with E-state index in [9.17, 15) is 9.59 Å². The molecule has 0 saturated carbocycles. The summed E-state index contributed by atoms with van der Waals surface area (Å²) in [6.07, 6.45) is 1.73. The Morgan fingerprint density at radius 2 is 1.58 bits per heavy atom. The van der Waals surface area contributed by atoms with Gasteiger partial charge in [0.1, 0.15) is 0 Å². The van der Waals surface area contributed by atoms with Gasteiger partial charge in [-0.15, -0.1) is 17.0 Å². The smallest absolute Gasteiger partial charge is 0.341 e. The highest BCUT2D eigenvalue weighted by molar-refractivity contribution is 8.93. The van der Waals surface area contributed by atoms with Gasteiger partial charge in [0.15, 0.2) is 5.78 Å². The molecule has 0 fully saturated rings. The van der Waals surface area contributed by atoms with E-state index in [0.717, 1.165) is 12.8 Å². The summed E-state index contributed by atoms with van der Waals surface area (Å²) >= 11 is 0. The number of unbranched alkanes of at least 4 members (excludes halogenated alkanes) is 1. The number of esters is 1. The predicted molar refractivity (Wildman–Crippen MR) is 84.8 cm³/mol. The summed E-state index contributed by atoms with van der Waals surface area (Å²) in [5.41, 5.74) is 0.149. The average molecular weight is 336 g/mol. The number of Topliss-reactive ketones (excluding diaryl/α,β-unsaturated/α-hetero) is 1. The molecular weight excluding hydrogens is 310 g/mol. The molecule has 5 heteroatoms. The third-order valence-corrected chi connectivity index (χ3v) is 1.64. The Hall–Kier alpha value is -0.940. The zero-order valence-electron chi connectivity index (χ0n) is 12.6. The van der Waals surface area contributed by atoms with Crippen LogP contribution in [-0.2, 0) is 14.3 Å². The van der Waals surface area contributed by atoms with Gasteiger partial charge in [-0.1, -0.05) is 26.5 Å². The van der Waals surface area contributed by atoms with Crippen LogP contribution in [0.25, 0.3) is 0 Å².